The number of amides is 1. The molecule has 4 heteroatoms. The van der Waals surface area contributed by atoms with Gasteiger partial charge in [-0.1, -0.05) is 25.5 Å². The van der Waals surface area contributed by atoms with E-state index in [4.69, 9.17) is 0 Å². The first-order valence-corrected chi connectivity index (χ1v) is 9.08. The molecular formula is C19H31ClN2O. The first-order chi connectivity index (χ1) is 10.4. The molecular weight excluding hydrogens is 308 g/mol. The van der Waals surface area contributed by atoms with Crippen molar-refractivity contribution in [2.75, 3.05) is 19.6 Å². The predicted molar refractivity (Wildman–Crippen MR) is 95.7 cm³/mol. The van der Waals surface area contributed by atoms with Crippen molar-refractivity contribution < 1.29 is 4.79 Å². The van der Waals surface area contributed by atoms with Gasteiger partial charge in [-0.05, 0) is 68.2 Å². The molecule has 2 unspecified atom stereocenters. The molecule has 5 aliphatic rings. The van der Waals surface area contributed by atoms with Crippen molar-refractivity contribution in [2.24, 2.45) is 22.2 Å². The fourth-order valence-electron chi connectivity index (χ4n) is 6.91. The van der Waals surface area contributed by atoms with Crippen LogP contribution in [-0.2, 0) is 4.79 Å². The lowest BCUT2D eigenvalue weighted by atomic mass is 9.40. The van der Waals surface area contributed by atoms with Crippen LogP contribution in [0, 0.1) is 22.2 Å². The van der Waals surface area contributed by atoms with Gasteiger partial charge in [-0.25, -0.2) is 0 Å². The molecule has 130 valence electrons. The molecule has 4 bridgehead atoms. The van der Waals surface area contributed by atoms with Crippen molar-refractivity contribution in [3.63, 3.8) is 0 Å². The molecule has 0 aromatic heterocycles. The Kier molecular flexibility index (Phi) is 4.34. The minimum Gasteiger partial charge on any atom is -0.352 e. The normalized spacial score (nSPS) is 44.4. The number of carbonyl (C=O) groups is 1. The van der Waals surface area contributed by atoms with E-state index in [2.05, 4.69) is 30.6 Å². The lowest BCUT2D eigenvalue weighted by molar-refractivity contribution is -0.170. The van der Waals surface area contributed by atoms with Gasteiger partial charge in [-0.3, -0.25) is 4.79 Å². The number of hydrogen-bond acceptors (Lipinski definition) is 2. The highest BCUT2D eigenvalue weighted by Gasteiger charge is 2.62. The molecule has 0 aromatic carbocycles. The zero-order valence-electron chi connectivity index (χ0n) is 14.5. The Hall–Kier alpha value is -0.540. The van der Waals surface area contributed by atoms with Crippen LogP contribution >= 0.6 is 12.4 Å². The molecule has 4 fully saturated rings. The van der Waals surface area contributed by atoms with Gasteiger partial charge in [0.1, 0.15) is 0 Å². The van der Waals surface area contributed by atoms with E-state index in [1.807, 2.05) is 0 Å². The van der Waals surface area contributed by atoms with Crippen LogP contribution in [0.5, 0.6) is 0 Å². The van der Waals surface area contributed by atoms with Crippen LogP contribution in [0.15, 0.2) is 11.6 Å². The molecule has 2 atom stereocenters. The van der Waals surface area contributed by atoms with Gasteiger partial charge < -0.3 is 10.6 Å². The first-order valence-electron chi connectivity index (χ1n) is 9.08. The lowest BCUT2D eigenvalue weighted by Gasteiger charge is -2.64. The van der Waals surface area contributed by atoms with Gasteiger partial charge in [0, 0.05) is 13.1 Å². The maximum absolute atomic E-state index is 13.1. The smallest absolute Gasteiger partial charge is 0.226 e. The standard InChI is InChI=1S/C19H30N2O.ClH/c1-17-7-15-8-18(2,11-17)13-19(9-15,12-17)16(22)21-10-14-3-5-20-6-4-14;/h3,15,20H,4-13H2,1-2H3,(H,21,22);1H. The Labute approximate surface area is 146 Å². The van der Waals surface area contributed by atoms with Crippen molar-refractivity contribution in [3.05, 3.63) is 11.6 Å². The van der Waals surface area contributed by atoms with E-state index >= 15 is 0 Å². The molecule has 0 saturated heterocycles. The highest BCUT2D eigenvalue weighted by molar-refractivity contribution is 5.85. The van der Waals surface area contributed by atoms with Gasteiger partial charge >= 0.3 is 0 Å². The second kappa shape index (κ2) is 5.77. The number of carbonyl (C=O) groups excluding carboxylic acids is 1. The Morgan fingerprint density at radius 1 is 1.22 bits per heavy atom. The third-order valence-electron chi connectivity index (χ3n) is 6.74. The largest absolute Gasteiger partial charge is 0.352 e. The molecule has 5 rings (SSSR count). The minimum absolute atomic E-state index is 0. The maximum atomic E-state index is 13.1. The Morgan fingerprint density at radius 3 is 2.48 bits per heavy atom. The van der Waals surface area contributed by atoms with E-state index in [-0.39, 0.29) is 17.8 Å². The highest BCUT2D eigenvalue weighted by atomic mass is 35.5. The fourth-order valence-corrected chi connectivity index (χ4v) is 6.91. The van der Waals surface area contributed by atoms with E-state index in [1.54, 1.807) is 0 Å². The molecule has 0 spiro atoms. The summed E-state index contributed by atoms with van der Waals surface area (Å²) in [6.07, 6.45) is 10.8. The van der Waals surface area contributed by atoms with Crippen LogP contribution in [0.4, 0.5) is 0 Å². The Morgan fingerprint density at radius 2 is 1.91 bits per heavy atom. The molecule has 1 aliphatic heterocycles. The van der Waals surface area contributed by atoms with E-state index in [9.17, 15) is 4.79 Å². The molecule has 0 radical (unpaired) electrons. The maximum Gasteiger partial charge on any atom is 0.226 e. The fraction of sp³-hybridized carbons (Fsp3) is 0.842. The van der Waals surface area contributed by atoms with Crippen LogP contribution in [-0.4, -0.2) is 25.5 Å². The average molecular weight is 339 g/mol. The van der Waals surface area contributed by atoms with E-state index < -0.39 is 0 Å². The number of halogens is 1. The first kappa shape index (κ1) is 17.3. The summed E-state index contributed by atoms with van der Waals surface area (Å²) < 4.78 is 0. The van der Waals surface area contributed by atoms with E-state index in [1.165, 1.54) is 24.8 Å². The third-order valence-corrected chi connectivity index (χ3v) is 6.74. The summed E-state index contributed by atoms with van der Waals surface area (Å²) in [6, 6.07) is 0. The topological polar surface area (TPSA) is 41.1 Å². The monoisotopic (exact) mass is 338 g/mol. The summed E-state index contributed by atoms with van der Waals surface area (Å²) in [4.78, 5) is 13.1. The van der Waals surface area contributed by atoms with Crippen LogP contribution in [0.2, 0.25) is 0 Å². The van der Waals surface area contributed by atoms with Crippen LogP contribution < -0.4 is 10.6 Å². The molecule has 3 nitrogen and oxygen atoms in total. The lowest BCUT2D eigenvalue weighted by Crippen LogP contribution is -2.60. The molecule has 4 saturated carbocycles. The number of hydrogen-bond donors (Lipinski definition) is 2. The number of rotatable bonds is 3. The van der Waals surface area contributed by atoms with Crippen LogP contribution in [0.3, 0.4) is 0 Å². The van der Waals surface area contributed by atoms with Crippen LogP contribution in [0.1, 0.15) is 58.8 Å². The molecule has 0 aromatic rings. The third kappa shape index (κ3) is 3.07. The summed E-state index contributed by atoms with van der Waals surface area (Å²) in [5.41, 5.74) is 2.17. The zero-order chi connectivity index (χ0) is 15.4. The molecule has 1 amide bonds. The second-order valence-corrected chi connectivity index (χ2v) is 9.41. The quantitative estimate of drug-likeness (QED) is 0.774. The summed E-state index contributed by atoms with van der Waals surface area (Å²) in [6.45, 7) is 7.64. The van der Waals surface area contributed by atoms with Gasteiger partial charge in [0.15, 0.2) is 0 Å². The van der Waals surface area contributed by atoms with Crippen molar-refractivity contribution in [3.8, 4) is 0 Å². The molecule has 23 heavy (non-hydrogen) atoms. The molecule has 2 N–H and O–H groups in total. The van der Waals surface area contributed by atoms with E-state index in [0.717, 1.165) is 51.2 Å². The van der Waals surface area contributed by atoms with Crippen molar-refractivity contribution in [2.45, 2.75) is 58.8 Å². The van der Waals surface area contributed by atoms with Crippen molar-refractivity contribution in [1.82, 2.24) is 10.6 Å². The number of nitrogens with one attached hydrogen (secondary N) is 2. The van der Waals surface area contributed by atoms with Gasteiger partial charge in [0.25, 0.3) is 0 Å². The van der Waals surface area contributed by atoms with E-state index in [0.29, 0.717) is 16.7 Å². The van der Waals surface area contributed by atoms with Crippen LogP contribution in [0.25, 0.3) is 0 Å². The highest BCUT2D eigenvalue weighted by Crippen LogP contribution is 2.69. The van der Waals surface area contributed by atoms with Gasteiger partial charge in [-0.2, -0.15) is 0 Å². The zero-order valence-corrected chi connectivity index (χ0v) is 15.4. The average Bonchev–Trinajstić information content (AvgIpc) is 2.42. The summed E-state index contributed by atoms with van der Waals surface area (Å²) >= 11 is 0. The Balaban J connectivity index is 0.00000156. The predicted octanol–water partition coefficient (Wildman–Crippen LogP) is 3.44. The SMILES string of the molecule is CC12CC3CC(C)(C1)CC(C(=O)NCC1=CCNCC1)(C3)C2.Cl. The second-order valence-electron chi connectivity index (χ2n) is 9.41. The van der Waals surface area contributed by atoms with Crippen molar-refractivity contribution in [1.29, 1.82) is 0 Å². The van der Waals surface area contributed by atoms with Crippen molar-refractivity contribution >= 4 is 18.3 Å². The summed E-state index contributed by atoms with van der Waals surface area (Å²) in [5, 5.41) is 6.64. The molecule has 1 heterocycles. The molecule has 4 aliphatic carbocycles. The summed E-state index contributed by atoms with van der Waals surface area (Å²) in [5.74, 6) is 1.14. The van der Waals surface area contributed by atoms with Gasteiger partial charge in [0.2, 0.25) is 5.91 Å². The van der Waals surface area contributed by atoms with Gasteiger partial charge in [0.05, 0.1) is 5.41 Å². The minimum atomic E-state index is -0.0591. The summed E-state index contributed by atoms with van der Waals surface area (Å²) in [7, 11) is 0. The van der Waals surface area contributed by atoms with Gasteiger partial charge in [-0.15, -0.1) is 12.4 Å². The Bertz CT molecular complexity index is 511.